The zero-order valence-corrected chi connectivity index (χ0v) is 16.2. The van der Waals surface area contributed by atoms with Gasteiger partial charge in [0.2, 0.25) is 0 Å². The summed E-state index contributed by atoms with van der Waals surface area (Å²) in [5.74, 6) is 0.00553. The number of hydrogen-bond acceptors (Lipinski definition) is 5. The maximum Gasteiger partial charge on any atom is 0.329 e. The van der Waals surface area contributed by atoms with Crippen LogP contribution in [0.3, 0.4) is 0 Å². The van der Waals surface area contributed by atoms with Gasteiger partial charge in [-0.1, -0.05) is 20.8 Å². The van der Waals surface area contributed by atoms with Gasteiger partial charge in [0.05, 0.1) is 11.1 Å². The molecule has 122 valence electrons. The number of hydrogen-bond donors (Lipinski definition) is 1. The highest BCUT2D eigenvalue weighted by Gasteiger charge is 2.29. The van der Waals surface area contributed by atoms with Crippen molar-refractivity contribution in [2.75, 3.05) is 11.9 Å². The fourth-order valence-corrected chi connectivity index (χ4v) is 2.72. The van der Waals surface area contributed by atoms with E-state index in [-0.39, 0.29) is 18.8 Å². The molecule has 1 aromatic rings. The van der Waals surface area contributed by atoms with Crippen molar-refractivity contribution in [2.45, 2.75) is 40.2 Å². The molecule has 0 aliphatic carbocycles. The Labute approximate surface area is 147 Å². The minimum atomic E-state index is -0.767. The van der Waals surface area contributed by atoms with Crippen LogP contribution in [0.4, 0.5) is 5.82 Å². The fraction of sp³-hybridized carbons (Fsp3) is 0.533. The van der Waals surface area contributed by atoms with Gasteiger partial charge < -0.3 is 10.1 Å². The zero-order valence-electron chi connectivity index (χ0n) is 13.1. The molecule has 1 heterocycles. The van der Waals surface area contributed by atoms with Crippen molar-refractivity contribution in [3.05, 3.63) is 21.2 Å². The highest BCUT2D eigenvalue weighted by Crippen LogP contribution is 2.25. The van der Waals surface area contributed by atoms with E-state index < -0.39 is 17.4 Å². The molecule has 0 amide bonds. The number of carbonyl (C=O) groups is 2. The first-order valence-corrected chi connectivity index (χ1v) is 8.51. The topological polar surface area (TPSA) is 68.3 Å². The summed E-state index contributed by atoms with van der Waals surface area (Å²) in [5, 5.41) is 2.99. The van der Waals surface area contributed by atoms with Crippen LogP contribution in [0.25, 0.3) is 0 Å². The first-order chi connectivity index (χ1) is 10.1. The third-order valence-corrected chi connectivity index (χ3v) is 3.95. The van der Waals surface area contributed by atoms with Gasteiger partial charge in [0, 0.05) is 22.5 Å². The van der Waals surface area contributed by atoms with Gasteiger partial charge in [0.25, 0.3) is 0 Å². The molecule has 0 fully saturated rings. The van der Waals surface area contributed by atoms with E-state index in [1.165, 1.54) is 0 Å². The average molecular weight is 436 g/mol. The molecule has 1 N–H and O–H groups in total. The van der Waals surface area contributed by atoms with Crippen LogP contribution in [-0.2, 0) is 14.3 Å². The second-order valence-corrected chi connectivity index (χ2v) is 7.58. The third kappa shape index (κ3) is 5.68. The maximum atomic E-state index is 12.2. The summed E-state index contributed by atoms with van der Waals surface area (Å²) >= 11 is 6.69. The van der Waals surface area contributed by atoms with E-state index in [0.29, 0.717) is 10.3 Å². The highest BCUT2D eigenvalue weighted by molar-refractivity contribution is 9.11. The second-order valence-electron chi connectivity index (χ2n) is 5.81. The van der Waals surface area contributed by atoms with E-state index in [1.54, 1.807) is 13.1 Å². The van der Waals surface area contributed by atoms with E-state index in [1.807, 2.05) is 26.8 Å². The van der Waals surface area contributed by atoms with Gasteiger partial charge in [0.1, 0.15) is 17.6 Å². The molecule has 22 heavy (non-hydrogen) atoms. The quantitative estimate of drug-likeness (QED) is 0.685. The summed E-state index contributed by atoms with van der Waals surface area (Å²) in [6.45, 7) is 7.46. The Kier molecular flexibility index (Phi) is 6.99. The number of nitrogens with zero attached hydrogens (tertiary/aromatic N) is 1. The summed E-state index contributed by atoms with van der Waals surface area (Å²) in [6, 6.07) is 1.04. The lowest BCUT2D eigenvalue weighted by Gasteiger charge is -2.22. The van der Waals surface area contributed by atoms with Gasteiger partial charge in [-0.05, 0) is 44.8 Å². The maximum absolute atomic E-state index is 12.2. The Bertz CT molecular complexity index is 556. The molecule has 1 rings (SSSR count). The van der Waals surface area contributed by atoms with Gasteiger partial charge in [-0.3, -0.25) is 4.79 Å². The molecule has 0 saturated carbocycles. The van der Waals surface area contributed by atoms with Gasteiger partial charge in [0.15, 0.2) is 0 Å². The lowest BCUT2D eigenvalue weighted by molar-refractivity contribution is -0.146. The fourth-order valence-electron chi connectivity index (χ4n) is 1.61. The van der Waals surface area contributed by atoms with E-state index in [9.17, 15) is 9.59 Å². The van der Waals surface area contributed by atoms with Crippen molar-refractivity contribution >= 4 is 49.4 Å². The smallest absolute Gasteiger partial charge is 0.329 e. The lowest BCUT2D eigenvalue weighted by Crippen LogP contribution is -2.37. The number of pyridine rings is 1. The molecule has 0 aliphatic rings. The van der Waals surface area contributed by atoms with E-state index >= 15 is 0 Å². The summed E-state index contributed by atoms with van der Waals surface area (Å²) in [7, 11) is 0. The molecule has 0 spiro atoms. The summed E-state index contributed by atoms with van der Waals surface area (Å²) in [6.07, 6.45) is 1.66. The van der Waals surface area contributed by atoms with Crippen LogP contribution < -0.4 is 5.32 Å². The number of aromatic nitrogens is 1. The Hall–Kier alpha value is -0.950. The Morgan fingerprint density at radius 3 is 2.50 bits per heavy atom. The molecule has 0 saturated heterocycles. The molecule has 0 aliphatic heterocycles. The molecule has 1 unspecified atom stereocenters. The first kappa shape index (κ1) is 19.1. The van der Waals surface area contributed by atoms with Crippen LogP contribution in [0.15, 0.2) is 21.2 Å². The van der Waals surface area contributed by atoms with Gasteiger partial charge in [-0.25, -0.2) is 9.78 Å². The van der Waals surface area contributed by atoms with Crippen molar-refractivity contribution in [2.24, 2.45) is 5.41 Å². The molecular weight excluding hydrogens is 416 g/mol. The monoisotopic (exact) mass is 434 g/mol. The molecule has 7 heteroatoms. The number of nitrogens with one attached hydrogen (secondary N) is 1. The largest absolute Gasteiger partial charge is 0.464 e. The number of ether oxygens (including phenoxy) is 1. The van der Waals surface area contributed by atoms with E-state index in [2.05, 4.69) is 42.2 Å². The molecule has 5 nitrogen and oxygen atoms in total. The standard InChI is InChI=1S/C15H20Br2N2O3/c1-5-22-14(21)11(7-12(20)15(2,3)4)19-13-10(17)6-9(16)8-18-13/h6,8,11H,5,7H2,1-4H3,(H,18,19). The van der Waals surface area contributed by atoms with Crippen LogP contribution in [0.5, 0.6) is 0 Å². The molecule has 0 bridgehead atoms. The number of carbonyl (C=O) groups excluding carboxylic acids is 2. The van der Waals surface area contributed by atoms with E-state index in [4.69, 9.17) is 4.74 Å². The minimum Gasteiger partial charge on any atom is -0.464 e. The molecular formula is C15H20Br2N2O3. The Balaban J connectivity index is 2.95. The summed E-state index contributed by atoms with van der Waals surface area (Å²) in [5.41, 5.74) is -0.517. The van der Waals surface area contributed by atoms with Crippen molar-refractivity contribution < 1.29 is 14.3 Å². The van der Waals surface area contributed by atoms with Gasteiger partial charge in [-0.15, -0.1) is 0 Å². The van der Waals surface area contributed by atoms with Crippen molar-refractivity contribution in [1.82, 2.24) is 4.98 Å². The van der Waals surface area contributed by atoms with Crippen LogP contribution in [0, 0.1) is 5.41 Å². The SMILES string of the molecule is CCOC(=O)C(CC(=O)C(C)(C)C)Nc1ncc(Br)cc1Br. The number of halogens is 2. The van der Waals surface area contributed by atoms with Crippen LogP contribution in [-0.4, -0.2) is 29.4 Å². The number of anilines is 1. The Morgan fingerprint density at radius 1 is 1.36 bits per heavy atom. The summed E-state index contributed by atoms with van der Waals surface area (Å²) in [4.78, 5) is 28.5. The predicted octanol–water partition coefficient (Wildman–Crippen LogP) is 3.96. The van der Waals surface area contributed by atoms with Gasteiger partial charge in [-0.2, -0.15) is 0 Å². The molecule has 1 aromatic heterocycles. The number of esters is 1. The van der Waals surface area contributed by atoms with Crippen molar-refractivity contribution in [3.8, 4) is 0 Å². The van der Waals surface area contributed by atoms with Crippen molar-refractivity contribution in [3.63, 3.8) is 0 Å². The third-order valence-electron chi connectivity index (χ3n) is 2.92. The van der Waals surface area contributed by atoms with Crippen LogP contribution in [0.1, 0.15) is 34.1 Å². The normalized spacial score (nSPS) is 12.6. The first-order valence-electron chi connectivity index (χ1n) is 6.92. The number of Topliss-reactive ketones (excluding diaryl/α,β-unsaturated/α-hetero) is 1. The summed E-state index contributed by atoms with van der Waals surface area (Å²) < 4.78 is 6.55. The number of rotatable bonds is 6. The van der Waals surface area contributed by atoms with E-state index in [0.717, 1.165) is 4.47 Å². The molecule has 0 radical (unpaired) electrons. The molecule has 0 aromatic carbocycles. The minimum absolute atomic E-state index is 0.0220. The van der Waals surface area contributed by atoms with Crippen LogP contribution >= 0.6 is 31.9 Å². The zero-order chi connectivity index (χ0) is 16.9. The predicted molar refractivity (Wildman–Crippen MR) is 92.8 cm³/mol. The highest BCUT2D eigenvalue weighted by atomic mass is 79.9. The van der Waals surface area contributed by atoms with Crippen LogP contribution in [0.2, 0.25) is 0 Å². The van der Waals surface area contributed by atoms with Crippen molar-refractivity contribution in [1.29, 1.82) is 0 Å². The molecule has 1 atom stereocenters. The lowest BCUT2D eigenvalue weighted by atomic mass is 9.87. The number of ketones is 1. The Morgan fingerprint density at radius 2 is 2.00 bits per heavy atom. The van der Waals surface area contributed by atoms with Gasteiger partial charge >= 0.3 is 5.97 Å². The average Bonchev–Trinajstić information content (AvgIpc) is 2.39. The second kappa shape index (κ2) is 8.06.